The highest BCUT2D eigenvalue weighted by Crippen LogP contribution is 2.27. The van der Waals surface area contributed by atoms with Crippen molar-refractivity contribution in [2.75, 3.05) is 18.4 Å². The molecule has 1 aromatic rings. The van der Waals surface area contributed by atoms with E-state index in [-0.39, 0.29) is 19.1 Å². The van der Waals surface area contributed by atoms with Crippen LogP contribution in [0.15, 0.2) is 22.7 Å². The van der Waals surface area contributed by atoms with Crippen molar-refractivity contribution in [3.8, 4) is 0 Å². The van der Waals surface area contributed by atoms with Crippen LogP contribution in [0, 0.1) is 5.92 Å². The number of likely N-dealkylation sites (tertiary alicyclic amines) is 1. The third-order valence-electron chi connectivity index (χ3n) is 2.69. The molecule has 2 N–H and O–H groups in total. The first-order chi connectivity index (χ1) is 8.47. The van der Waals surface area contributed by atoms with E-state index in [9.17, 15) is 9.59 Å². The summed E-state index contributed by atoms with van der Waals surface area (Å²) in [6, 6.07) is 4.71. The number of halogens is 2. The molecule has 1 saturated heterocycles. The van der Waals surface area contributed by atoms with E-state index in [1.54, 1.807) is 18.2 Å². The average Bonchev–Trinajstić information content (AvgIpc) is 2.19. The van der Waals surface area contributed by atoms with E-state index in [0.29, 0.717) is 15.2 Å². The minimum absolute atomic E-state index is 0.242. The lowest BCUT2D eigenvalue weighted by Crippen LogP contribution is -2.54. The van der Waals surface area contributed by atoms with Gasteiger partial charge in [-0.25, -0.2) is 4.79 Å². The molecule has 1 aromatic carbocycles. The molecule has 7 heteroatoms. The molecule has 5 nitrogen and oxygen atoms in total. The van der Waals surface area contributed by atoms with Gasteiger partial charge >= 0.3 is 12.0 Å². The highest BCUT2D eigenvalue weighted by molar-refractivity contribution is 9.10. The molecule has 1 aliphatic rings. The number of nitrogens with zero attached hydrogens (tertiary/aromatic N) is 1. The number of amides is 2. The van der Waals surface area contributed by atoms with Crippen molar-refractivity contribution in [1.82, 2.24) is 4.90 Å². The van der Waals surface area contributed by atoms with Crippen LogP contribution in [-0.2, 0) is 4.79 Å². The quantitative estimate of drug-likeness (QED) is 0.874. The van der Waals surface area contributed by atoms with Gasteiger partial charge in [0.2, 0.25) is 0 Å². The molecule has 0 aliphatic carbocycles. The summed E-state index contributed by atoms with van der Waals surface area (Å²) in [5.41, 5.74) is 0.600. The predicted octanol–water partition coefficient (Wildman–Crippen LogP) is 2.65. The Bertz CT molecular complexity index is 503. The first-order valence-corrected chi connectivity index (χ1v) is 6.38. The number of hydrogen-bond donors (Lipinski definition) is 2. The van der Waals surface area contributed by atoms with Crippen LogP contribution in [0.4, 0.5) is 10.5 Å². The fraction of sp³-hybridized carbons (Fsp3) is 0.273. The molecule has 0 unspecified atom stereocenters. The number of urea groups is 1. The SMILES string of the molecule is O=C(O)C1CN(C(=O)Nc2ccc(Cl)cc2Br)C1. The van der Waals surface area contributed by atoms with Gasteiger partial charge in [0.1, 0.15) is 0 Å². The van der Waals surface area contributed by atoms with Gasteiger partial charge in [-0.3, -0.25) is 4.79 Å². The first kappa shape index (κ1) is 13.2. The zero-order valence-corrected chi connectivity index (χ0v) is 11.5. The Hall–Kier alpha value is -1.27. The Morgan fingerprint density at radius 1 is 1.44 bits per heavy atom. The van der Waals surface area contributed by atoms with E-state index in [2.05, 4.69) is 21.2 Å². The van der Waals surface area contributed by atoms with E-state index in [1.807, 2.05) is 0 Å². The van der Waals surface area contributed by atoms with Crippen LogP contribution in [-0.4, -0.2) is 35.1 Å². The molecule has 1 heterocycles. The van der Waals surface area contributed by atoms with Crippen LogP contribution < -0.4 is 5.32 Å². The topological polar surface area (TPSA) is 69.6 Å². The number of carboxylic acid groups (broad SMARTS) is 1. The van der Waals surface area contributed by atoms with Crippen LogP contribution in [0.1, 0.15) is 0 Å². The molecular formula is C11H10BrClN2O3. The molecule has 1 fully saturated rings. The monoisotopic (exact) mass is 332 g/mol. The van der Waals surface area contributed by atoms with Crippen molar-refractivity contribution in [3.05, 3.63) is 27.7 Å². The van der Waals surface area contributed by atoms with Crippen LogP contribution in [0.3, 0.4) is 0 Å². The van der Waals surface area contributed by atoms with Crippen molar-refractivity contribution in [2.45, 2.75) is 0 Å². The van der Waals surface area contributed by atoms with Crippen molar-refractivity contribution >= 4 is 45.2 Å². The number of carbonyl (C=O) groups is 2. The molecular weight excluding hydrogens is 323 g/mol. The molecule has 0 atom stereocenters. The number of carboxylic acids is 1. The highest BCUT2D eigenvalue weighted by Gasteiger charge is 2.35. The number of benzene rings is 1. The standard InChI is InChI=1S/C11H10BrClN2O3/c12-8-3-7(13)1-2-9(8)14-11(18)15-4-6(5-15)10(16)17/h1-3,6H,4-5H2,(H,14,18)(H,16,17). The van der Waals surface area contributed by atoms with Gasteiger partial charge in [0.25, 0.3) is 0 Å². The van der Waals surface area contributed by atoms with E-state index < -0.39 is 11.9 Å². The zero-order valence-electron chi connectivity index (χ0n) is 9.19. The first-order valence-electron chi connectivity index (χ1n) is 5.21. The minimum Gasteiger partial charge on any atom is -0.481 e. The fourth-order valence-corrected chi connectivity index (χ4v) is 2.37. The third-order valence-corrected chi connectivity index (χ3v) is 3.58. The van der Waals surface area contributed by atoms with Crippen molar-refractivity contribution in [1.29, 1.82) is 0 Å². The van der Waals surface area contributed by atoms with Crippen LogP contribution >= 0.6 is 27.5 Å². The summed E-state index contributed by atoms with van der Waals surface area (Å²) >= 11 is 9.08. The van der Waals surface area contributed by atoms with Crippen LogP contribution in [0.5, 0.6) is 0 Å². The molecule has 0 spiro atoms. The summed E-state index contributed by atoms with van der Waals surface area (Å²) < 4.78 is 0.679. The Balaban J connectivity index is 1.94. The second-order valence-electron chi connectivity index (χ2n) is 3.99. The second-order valence-corrected chi connectivity index (χ2v) is 5.29. The summed E-state index contributed by atoms with van der Waals surface area (Å²) in [5, 5.41) is 12.0. The zero-order chi connectivity index (χ0) is 13.3. The molecule has 2 amide bonds. The lowest BCUT2D eigenvalue weighted by atomic mass is 10.0. The lowest BCUT2D eigenvalue weighted by molar-refractivity contribution is -0.145. The summed E-state index contributed by atoms with van der Waals surface area (Å²) in [4.78, 5) is 23.8. The Morgan fingerprint density at radius 3 is 2.67 bits per heavy atom. The van der Waals surface area contributed by atoms with Crippen LogP contribution in [0.2, 0.25) is 5.02 Å². The summed E-state index contributed by atoms with van der Waals surface area (Å²) in [6.45, 7) is 0.485. The van der Waals surface area contributed by atoms with Crippen molar-refractivity contribution < 1.29 is 14.7 Å². The van der Waals surface area contributed by atoms with E-state index in [0.717, 1.165) is 0 Å². The molecule has 0 bridgehead atoms. The fourth-order valence-electron chi connectivity index (χ4n) is 1.59. The average molecular weight is 334 g/mol. The van der Waals surface area contributed by atoms with E-state index in [1.165, 1.54) is 4.90 Å². The van der Waals surface area contributed by atoms with Crippen LogP contribution in [0.25, 0.3) is 0 Å². The Kier molecular flexibility index (Phi) is 3.77. The minimum atomic E-state index is -0.869. The van der Waals surface area contributed by atoms with Gasteiger partial charge in [-0.2, -0.15) is 0 Å². The molecule has 18 heavy (non-hydrogen) atoms. The largest absolute Gasteiger partial charge is 0.481 e. The molecule has 0 radical (unpaired) electrons. The van der Waals surface area contributed by atoms with Crippen molar-refractivity contribution in [3.63, 3.8) is 0 Å². The van der Waals surface area contributed by atoms with Gasteiger partial charge in [0.05, 0.1) is 11.6 Å². The molecule has 1 aliphatic heterocycles. The maximum Gasteiger partial charge on any atom is 0.321 e. The number of hydrogen-bond acceptors (Lipinski definition) is 2. The Labute approximate surface area is 117 Å². The predicted molar refractivity (Wildman–Crippen MR) is 70.9 cm³/mol. The maximum absolute atomic E-state index is 11.8. The number of nitrogens with one attached hydrogen (secondary N) is 1. The molecule has 2 rings (SSSR count). The normalized spacial score (nSPS) is 15.1. The molecule has 0 aromatic heterocycles. The number of rotatable bonds is 2. The summed E-state index contributed by atoms with van der Waals surface area (Å²) in [6.07, 6.45) is 0. The van der Waals surface area contributed by atoms with Crippen molar-refractivity contribution in [2.24, 2.45) is 5.92 Å². The smallest absolute Gasteiger partial charge is 0.321 e. The number of carbonyl (C=O) groups excluding carboxylic acids is 1. The van der Waals surface area contributed by atoms with Gasteiger partial charge in [-0.05, 0) is 34.1 Å². The lowest BCUT2D eigenvalue weighted by Gasteiger charge is -2.36. The van der Waals surface area contributed by atoms with Gasteiger partial charge < -0.3 is 15.3 Å². The van der Waals surface area contributed by atoms with Gasteiger partial charge in [0, 0.05) is 22.6 Å². The number of aliphatic carboxylic acids is 1. The summed E-state index contributed by atoms with van der Waals surface area (Å²) in [5.74, 6) is -1.32. The van der Waals surface area contributed by atoms with E-state index in [4.69, 9.17) is 16.7 Å². The van der Waals surface area contributed by atoms with E-state index >= 15 is 0 Å². The maximum atomic E-state index is 11.8. The Morgan fingerprint density at radius 2 is 2.11 bits per heavy atom. The molecule has 0 saturated carbocycles. The van der Waals surface area contributed by atoms with Gasteiger partial charge in [0.15, 0.2) is 0 Å². The highest BCUT2D eigenvalue weighted by atomic mass is 79.9. The van der Waals surface area contributed by atoms with Gasteiger partial charge in [-0.15, -0.1) is 0 Å². The summed E-state index contributed by atoms with van der Waals surface area (Å²) in [7, 11) is 0. The molecule has 96 valence electrons. The second kappa shape index (κ2) is 5.16. The van der Waals surface area contributed by atoms with Gasteiger partial charge in [-0.1, -0.05) is 11.6 Å². The number of anilines is 1. The third kappa shape index (κ3) is 2.76.